The number of rotatable bonds is 5. The summed E-state index contributed by atoms with van der Waals surface area (Å²) >= 11 is 13.3. The summed E-state index contributed by atoms with van der Waals surface area (Å²) in [6, 6.07) is 26.5. The predicted molar refractivity (Wildman–Crippen MR) is 131 cm³/mol. The maximum absolute atomic E-state index is 6.65. The Morgan fingerprint density at radius 2 is 1.28 bits per heavy atom. The third-order valence-electron chi connectivity index (χ3n) is 6.68. The second-order valence-electron chi connectivity index (χ2n) is 8.58. The first-order chi connectivity index (χ1) is 15.7. The Bertz CT molecular complexity index is 1040. The first-order valence-corrected chi connectivity index (χ1v) is 12.0. The van der Waals surface area contributed by atoms with Crippen LogP contribution >= 0.6 is 23.2 Å². The van der Waals surface area contributed by atoms with Gasteiger partial charge in [0, 0.05) is 34.0 Å². The molecule has 1 aliphatic carbocycles. The molecule has 1 saturated carbocycles. The standard InChI is InChI=1S/C27H26Cl2N2O/c28-23-15-6-4-11-19(23)25-21-13-8-14-22(26(30-25)20-12-5-7-16-24(20)29)27(21)31-32-17-18-9-2-1-3-10-18/h1-7,9-12,15-16,21-22,25-26,30H,8,13-14,17H2. The Hall–Kier alpha value is -2.33. The fourth-order valence-electron chi connectivity index (χ4n) is 5.19. The summed E-state index contributed by atoms with van der Waals surface area (Å²) in [7, 11) is 0. The molecule has 164 valence electrons. The number of fused-ring (bicyclic) bond motifs is 2. The van der Waals surface area contributed by atoms with Crippen LogP contribution in [0.3, 0.4) is 0 Å². The third kappa shape index (κ3) is 4.30. The normalized spacial score (nSPS) is 24.8. The van der Waals surface area contributed by atoms with E-state index in [0.29, 0.717) is 6.61 Å². The number of nitrogens with one attached hydrogen (secondary N) is 1. The van der Waals surface area contributed by atoms with Gasteiger partial charge in [0.15, 0.2) is 0 Å². The molecule has 3 aromatic rings. The highest BCUT2D eigenvalue weighted by Gasteiger charge is 2.46. The molecular formula is C27H26Cl2N2O. The van der Waals surface area contributed by atoms with Gasteiger partial charge in [-0.2, -0.15) is 0 Å². The van der Waals surface area contributed by atoms with Crippen molar-refractivity contribution in [1.29, 1.82) is 0 Å². The van der Waals surface area contributed by atoms with Gasteiger partial charge in [0.1, 0.15) is 6.61 Å². The largest absolute Gasteiger partial charge is 0.391 e. The van der Waals surface area contributed by atoms with Crippen LogP contribution in [0.5, 0.6) is 0 Å². The van der Waals surface area contributed by atoms with Gasteiger partial charge in [-0.05, 0) is 41.7 Å². The smallest absolute Gasteiger partial charge is 0.142 e. The van der Waals surface area contributed by atoms with E-state index in [0.717, 1.165) is 51.7 Å². The van der Waals surface area contributed by atoms with Gasteiger partial charge in [-0.25, -0.2) is 0 Å². The fourth-order valence-corrected chi connectivity index (χ4v) is 5.69. The number of oxime groups is 1. The van der Waals surface area contributed by atoms with Crippen LogP contribution < -0.4 is 5.32 Å². The highest BCUT2D eigenvalue weighted by molar-refractivity contribution is 6.31. The lowest BCUT2D eigenvalue weighted by molar-refractivity contribution is 0.118. The van der Waals surface area contributed by atoms with E-state index in [1.54, 1.807) is 0 Å². The Balaban J connectivity index is 1.53. The topological polar surface area (TPSA) is 33.6 Å². The van der Waals surface area contributed by atoms with Crippen molar-refractivity contribution in [2.75, 3.05) is 0 Å². The minimum Gasteiger partial charge on any atom is -0.391 e. The highest BCUT2D eigenvalue weighted by Crippen LogP contribution is 2.48. The van der Waals surface area contributed by atoms with E-state index in [9.17, 15) is 0 Å². The summed E-state index contributed by atoms with van der Waals surface area (Å²) in [4.78, 5) is 5.92. The van der Waals surface area contributed by atoms with Crippen molar-refractivity contribution < 1.29 is 4.84 Å². The van der Waals surface area contributed by atoms with Crippen LogP contribution in [0.2, 0.25) is 10.0 Å². The summed E-state index contributed by atoms with van der Waals surface area (Å²) in [5.41, 5.74) is 4.45. The molecule has 2 aliphatic rings. The van der Waals surface area contributed by atoms with Gasteiger partial charge in [-0.15, -0.1) is 0 Å². The molecule has 0 radical (unpaired) electrons. The number of benzene rings is 3. The van der Waals surface area contributed by atoms with Crippen LogP contribution in [0, 0.1) is 11.8 Å². The van der Waals surface area contributed by atoms with Crippen molar-refractivity contribution in [3.05, 3.63) is 106 Å². The number of piperidine rings is 1. The molecule has 5 rings (SSSR count). The second-order valence-corrected chi connectivity index (χ2v) is 9.40. The zero-order chi connectivity index (χ0) is 21.9. The maximum atomic E-state index is 6.65. The minimum atomic E-state index is 0.0561. The SMILES string of the molecule is Clc1ccccc1C1NC(c2ccccc2Cl)C2CCCC1C2=NOCc1ccccc1. The van der Waals surface area contributed by atoms with Crippen LogP contribution in [0.25, 0.3) is 0 Å². The van der Waals surface area contributed by atoms with Crippen molar-refractivity contribution in [3.63, 3.8) is 0 Å². The fraction of sp³-hybridized carbons (Fsp3) is 0.296. The summed E-state index contributed by atoms with van der Waals surface area (Å²) < 4.78 is 0. The van der Waals surface area contributed by atoms with Gasteiger partial charge >= 0.3 is 0 Å². The van der Waals surface area contributed by atoms with Crippen molar-refractivity contribution in [2.45, 2.75) is 38.0 Å². The van der Waals surface area contributed by atoms with Gasteiger partial charge in [-0.3, -0.25) is 0 Å². The van der Waals surface area contributed by atoms with Crippen LogP contribution in [-0.2, 0) is 11.4 Å². The Morgan fingerprint density at radius 1 is 0.750 bits per heavy atom. The Morgan fingerprint density at radius 3 is 1.84 bits per heavy atom. The summed E-state index contributed by atoms with van der Waals surface area (Å²) in [6.07, 6.45) is 3.26. The molecule has 1 saturated heterocycles. The lowest BCUT2D eigenvalue weighted by Gasteiger charge is -2.47. The number of hydrogen-bond acceptors (Lipinski definition) is 3. The minimum absolute atomic E-state index is 0.0561. The van der Waals surface area contributed by atoms with Gasteiger partial charge < -0.3 is 10.2 Å². The molecule has 3 nitrogen and oxygen atoms in total. The molecule has 4 atom stereocenters. The Labute approximate surface area is 199 Å². The molecule has 1 aliphatic heterocycles. The van der Waals surface area contributed by atoms with E-state index in [2.05, 4.69) is 29.6 Å². The molecular weight excluding hydrogens is 439 g/mol. The molecule has 4 unspecified atom stereocenters. The van der Waals surface area contributed by atoms with E-state index in [1.807, 2.05) is 54.6 Å². The van der Waals surface area contributed by atoms with Gasteiger partial charge in [0.2, 0.25) is 0 Å². The molecule has 0 aromatic heterocycles. The van der Waals surface area contributed by atoms with Crippen molar-refractivity contribution in [2.24, 2.45) is 17.0 Å². The molecule has 5 heteroatoms. The monoisotopic (exact) mass is 464 g/mol. The van der Waals surface area contributed by atoms with Gasteiger partial charge in [-0.1, -0.05) is 102 Å². The van der Waals surface area contributed by atoms with Crippen LogP contribution in [0.15, 0.2) is 84.0 Å². The molecule has 3 aromatic carbocycles. The summed E-state index contributed by atoms with van der Waals surface area (Å²) in [6.45, 7) is 0.463. The van der Waals surface area contributed by atoms with E-state index in [1.165, 1.54) is 0 Å². The van der Waals surface area contributed by atoms with Crippen molar-refractivity contribution in [3.8, 4) is 0 Å². The van der Waals surface area contributed by atoms with Gasteiger partial charge in [0.05, 0.1) is 5.71 Å². The first kappa shape index (κ1) is 21.5. The molecule has 1 N–H and O–H groups in total. The number of hydrogen-bond donors (Lipinski definition) is 1. The Kier molecular flexibility index (Phi) is 6.49. The van der Waals surface area contributed by atoms with E-state index >= 15 is 0 Å². The van der Waals surface area contributed by atoms with E-state index in [4.69, 9.17) is 33.2 Å². The lowest BCUT2D eigenvalue weighted by Crippen LogP contribution is -2.50. The van der Waals surface area contributed by atoms with Crippen LogP contribution in [-0.4, -0.2) is 5.71 Å². The van der Waals surface area contributed by atoms with E-state index in [-0.39, 0.29) is 23.9 Å². The number of nitrogens with zero attached hydrogens (tertiary/aromatic N) is 1. The van der Waals surface area contributed by atoms with Crippen LogP contribution in [0.4, 0.5) is 0 Å². The molecule has 1 heterocycles. The maximum Gasteiger partial charge on any atom is 0.142 e. The summed E-state index contributed by atoms with van der Waals surface area (Å²) in [5.74, 6) is 0.478. The van der Waals surface area contributed by atoms with E-state index < -0.39 is 0 Å². The zero-order valence-corrected chi connectivity index (χ0v) is 19.3. The first-order valence-electron chi connectivity index (χ1n) is 11.2. The number of halogens is 2. The average molecular weight is 465 g/mol. The third-order valence-corrected chi connectivity index (χ3v) is 7.37. The molecule has 0 amide bonds. The predicted octanol–water partition coefficient (Wildman–Crippen LogP) is 7.37. The van der Waals surface area contributed by atoms with Gasteiger partial charge in [0.25, 0.3) is 0 Å². The van der Waals surface area contributed by atoms with Crippen LogP contribution in [0.1, 0.15) is 48.0 Å². The molecule has 2 bridgehead atoms. The average Bonchev–Trinajstić information content (AvgIpc) is 2.81. The summed E-state index contributed by atoms with van der Waals surface area (Å²) in [5, 5.41) is 10.2. The molecule has 0 spiro atoms. The molecule has 32 heavy (non-hydrogen) atoms. The molecule has 2 fully saturated rings. The zero-order valence-electron chi connectivity index (χ0n) is 17.8. The highest BCUT2D eigenvalue weighted by atomic mass is 35.5. The van der Waals surface area contributed by atoms with Crippen molar-refractivity contribution in [1.82, 2.24) is 5.32 Å². The van der Waals surface area contributed by atoms with Crippen molar-refractivity contribution >= 4 is 28.9 Å². The second kappa shape index (κ2) is 9.66. The quantitative estimate of drug-likeness (QED) is 0.399. The lowest BCUT2D eigenvalue weighted by atomic mass is 9.67.